The summed E-state index contributed by atoms with van der Waals surface area (Å²) in [5, 5.41) is 12.0. The summed E-state index contributed by atoms with van der Waals surface area (Å²) in [5.41, 5.74) is 2.12. The molecule has 5 nitrogen and oxygen atoms in total. The lowest BCUT2D eigenvalue weighted by Crippen LogP contribution is -3.12. The maximum atomic E-state index is 12.5. The average Bonchev–Trinajstić information content (AvgIpc) is 2.67. The third kappa shape index (κ3) is 5.20. The molecule has 0 aliphatic heterocycles. The minimum Gasteiger partial charge on any atom is -0.490 e. The number of hydrogen-bond acceptors (Lipinski definition) is 3. The van der Waals surface area contributed by atoms with Crippen LogP contribution in [0.15, 0.2) is 61.2 Å². The van der Waals surface area contributed by atoms with Gasteiger partial charge in [-0.05, 0) is 43.3 Å². The van der Waals surface area contributed by atoms with Gasteiger partial charge in [0.1, 0.15) is 25.0 Å². The Balaban J connectivity index is 1.95. The van der Waals surface area contributed by atoms with Crippen molar-refractivity contribution in [3.8, 4) is 11.8 Å². The van der Waals surface area contributed by atoms with E-state index in [1.165, 1.54) is 0 Å². The van der Waals surface area contributed by atoms with Crippen LogP contribution in [0.2, 0.25) is 0 Å². The lowest BCUT2D eigenvalue weighted by Gasteiger charge is -2.21. The average molecular weight is 350 g/mol. The molecule has 2 aromatic carbocycles. The zero-order chi connectivity index (χ0) is 18.9. The summed E-state index contributed by atoms with van der Waals surface area (Å²) in [7, 11) is 1.97. The van der Waals surface area contributed by atoms with E-state index >= 15 is 0 Å². The highest BCUT2D eigenvalue weighted by Crippen LogP contribution is 2.14. The summed E-state index contributed by atoms with van der Waals surface area (Å²) in [5.74, 6) is 0.682. The molecule has 0 radical (unpaired) electrons. The van der Waals surface area contributed by atoms with Crippen LogP contribution in [0.4, 0.5) is 5.69 Å². The standard InChI is InChI=1S/C21H23N3O2/c1-4-13-26-19-11-9-17(10-12-19)15-24(3)16(2)21(25)23-20-8-6-5-7-18(20)14-22/h4-12,16H,1,13,15H2,2-3H3,(H,23,25)/p+1/t16-/m0/s1. The number of anilines is 1. The number of likely N-dealkylation sites (N-methyl/N-ethyl adjacent to an activating group) is 1. The van der Waals surface area contributed by atoms with E-state index in [2.05, 4.69) is 18.0 Å². The summed E-state index contributed by atoms with van der Waals surface area (Å²) in [6.07, 6.45) is 1.70. The maximum Gasteiger partial charge on any atom is 0.282 e. The summed E-state index contributed by atoms with van der Waals surface area (Å²) >= 11 is 0. The van der Waals surface area contributed by atoms with Crippen LogP contribution in [0, 0.1) is 11.3 Å². The van der Waals surface area contributed by atoms with Gasteiger partial charge in [0.2, 0.25) is 0 Å². The van der Waals surface area contributed by atoms with Crippen LogP contribution in [-0.2, 0) is 11.3 Å². The number of rotatable bonds is 8. The molecule has 134 valence electrons. The van der Waals surface area contributed by atoms with Crippen LogP contribution >= 0.6 is 0 Å². The molecule has 2 rings (SSSR count). The Kier molecular flexibility index (Phi) is 6.95. The van der Waals surface area contributed by atoms with Crippen LogP contribution < -0.4 is 15.0 Å². The van der Waals surface area contributed by atoms with Crippen LogP contribution in [-0.4, -0.2) is 25.6 Å². The van der Waals surface area contributed by atoms with Crippen molar-refractivity contribution >= 4 is 11.6 Å². The topological polar surface area (TPSA) is 66.6 Å². The molecule has 0 aliphatic rings. The summed E-state index contributed by atoms with van der Waals surface area (Å²) < 4.78 is 5.47. The number of benzene rings is 2. The Morgan fingerprint density at radius 1 is 1.31 bits per heavy atom. The Bertz CT molecular complexity index is 794. The highest BCUT2D eigenvalue weighted by molar-refractivity contribution is 5.94. The van der Waals surface area contributed by atoms with E-state index < -0.39 is 0 Å². The van der Waals surface area contributed by atoms with Crippen LogP contribution in [0.5, 0.6) is 5.75 Å². The quantitative estimate of drug-likeness (QED) is 0.717. The number of ether oxygens (including phenoxy) is 1. The fraction of sp³-hybridized carbons (Fsp3) is 0.238. The van der Waals surface area contributed by atoms with E-state index in [9.17, 15) is 4.79 Å². The largest absolute Gasteiger partial charge is 0.490 e. The molecule has 2 aromatic rings. The molecule has 0 saturated heterocycles. The Hall–Kier alpha value is -3.10. The fourth-order valence-corrected chi connectivity index (χ4v) is 2.49. The Morgan fingerprint density at radius 3 is 2.65 bits per heavy atom. The summed E-state index contributed by atoms with van der Waals surface area (Å²) in [4.78, 5) is 13.6. The molecule has 1 amide bonds. The molecule has 0 fully saturated rings. The van der Waals surface area contributed by atoms with Crippen LogP contribution in [0.1, 0.15) is 18.1 Å². The van der Waals surface area contributed by atoms with E-state index in [4.69, 9.17) is 10.00 Å². The smallest absolute Gasteiger partial charge is 0.282 e. The van der Waals surface area contributed by atoms with Gasteiger partial charge in [-0.15, -0.1) is 0 Å². The van der Waals surface area contributed by atoms with Crippen molar-refractivity contribution in [2.45, 2.75) is 19.5 Å². The minimum absolute atomic E-state index is 0.115. The highest BCUT2D eigenvalue weighted by atomic mass is 16.5. The number of carbonyl (C=O) groups excluding carboxylic acids is 1. The second-order valence-electron chi connectivity index (χ2n) is 6.14. The molecule has 0 saturated carbocycles. The number of amides is 1. The first-order valence-corrected chi connectivity index (χ1v) is 8.50. The number of nitrogens with zero attached hydrogens (tertiary/aromatic N) is 1. The first kappa shape index (κ1) is 19.2. The molecule has 26 heavy (non-hydrogen) atoms. The van der Waals surface area contributed by atoms with Gasteiger partial charge in [0.25, 0.3) is 5.91 Å². The second kappa shape index (κ2) is 9.40. The van der Waals surface area contributed by atoms with Gasteiger partial charge in [-0.1, -0.05) is 24.8 Å². The van der Waals surface area contributed by atoms with Crippen molar-refractivity contribution in [1.29, 1.82) is 5.26 Å². The molecule has 0 heterocycles. The van der Waals surface area contributed by atoms with Gasteiger partial charge in [-0.25, -0.2) is 0 Å². The van der Waals surface area contributed by atoms with Crippen molar-refractivity contribution < 1.29 is 14.4 Å². The molecular weight excluding hydrogens is 326 g/mol. The van der Waals surface area contributed by atoms with Gasteiger partial charge in [0.15, 0.2) is 6.04 Å². The van der Waals surface area contributed by atoms with Crippen molar-refractivity contribution in [1.82, 2.24) is 0 Å². The molecule has 0 aromatic heterocycles. The fourth-order valence-electron chi connectivity index (χ4n) is 2.49. The summed E-state index contributed by atoms with van der Waals surface area (Å²) in [6.45, 7) is 6.68. The Labute approximate surface area is 154 Å². The van der Waals surface area contributed by atoms with Crippen LogP contribution in [0.25, 0.3) is 0 Å². The molecule has 0 bridgehead atoms. The van der Waals surface area contributed by atoms with E-state index in [1.807, 2.05) is 38.2 Å². The van der Waals surface area contributed by atoms with E-state index in [1.54, 1.807) is 30.3 Å². The SMILES string of the molecule is C=CCOc1ccc(C[NH+](C)[C@@H](C)C(=O)Nc2ccccc2C#N)cc1. The zero-order valence-electron chi connectivity index (χ0n) is 15.2. The predicted molar refractivity (Wildman–Crippen MR) is 102 cm³/mol. The third-order valence-corrected chi connectivity index (χ3v) is 4.21. The van der Waals surface area contributed by atoms with Gasteiger partial charge in [-0.3, -0.25) is 4.79 Å². The number of para-hydroxylation sites is 1. The van der Waals surface area contributed by atoms with Crippen molar-refractivity contribution in [2.75, 3.05) is 19.0 Å². The lowest BCUT2D eigenvalue weighted by molar-refractivity contribution is -0.907. The maximum absolute atomic E-state index is 12.5. The molecule has 0 spiro atoms. The molecule has 0 aliphatic carbocycles. The van der Waals surface area contributed by atoms with Crippen molar-refractivity contribution in [3.63, 3.8) is 0 Å². The second-order valence-corrected chi connectivity index (χ2v) is 6.14. The lowest BCUT2D eigenvalue weighted by atomic mass is 10.1. The highest BCUT2D eigenvalue weighted by Gasteiger charge is 2.22. The molecular formula is C21H24N3O2+. The van der Waals surface area contributed by atoms with Crippen molar-refractivity contribution in [3.05, 3.63) is 72.3 Å². The van der Waals surface area contributed by atoms with Gasteiger partial charge < -0.3 is 15.0 Å². The van der Waals surface area contributed by atoms with Crippen molar-refractivity contribution in [2.24, 2.45) is 0 Å². The first-order chi connectivity index (χ1) is 12.5. The van der Waals surface area contributed by atoms with Gasteiger partial charge in [0.05, 0.1) is 18.3 Å². The van der Waals surface area contributed by atoms with Gasteiger partial charge in [0, 0.05) is 5.56 Å². The van der Waals surface area contributed by atoms with E-state index in [0.717, 1.165) is 16.2 Å². The predicted octanol–water partition coefficient (Wildman–Crippen LogP) is 2.16. The first-order valence-electron chi connectivity index (χ1n) is 8.50. The minimum atomic E-state index is -0.265. The molecule has 2 atom stereocenters. The van der Waals surface area contributed by atoms with Gasteiger partial charge in [-0.2, -0.15) is 5.26 Å². The Morgan fingerprint density at radius 2 is 2.00 bits per heavy atom. The number of hydrogen-bond donors (Lipinski definition) is 2. The number of carbonyl (C=O) groups is 1. The normalized spacial score (nSPS) is 12.5. The molecule has 2 N–H and O–H groups in total. The van der Waals surface area contributed by atoms with Gasteiger partial charge >= 0.3 is 0 Å². The van der Waals surface area contributed by atoms with E-state index in [-0.39, 0.29) is 11.9 Å². The molecule has 1 unspecified atom stereocenters. The van der Waals surface area contributed by atoms with Crippen LogP contribution in [0.3, 0.4) is 0 Å². The number of nitriles is 1. The van der Waals surface area contributed by atoms with E-state index in [0.29, 0.717) is 24.4 Å². The zero-order valence-corrected chi connectivity index (χ0v) is 15.2. The molecule has 5 heteroatoms. The monoisotopic (exact) mass is 350 g/mol. The third-order valence-electron chi connectivity index (χ3n) is 4.21. The number of quaternary nitrogens is 1. The number of nitrogens with one attached hydrogen (secondary N) is 2. The summed E-state index contributed by atoms with van der Waals surface area (Å²) in [6, 6.07) is 16.7.